The Kier molecular flexibility index (Phi) is 6.70. The van der Waals surface area contributed by atoms with E-state index in [1.165, 1.54) is 0 Å². The highest BCUT2D eigenvalue weighted by molar-refractivity contribution is 6.32. The van der Waals surface area contributed by atoms with Gasteiger partial charge in [-0.25, -0.2) is 4.98 Å². The van der Waals surface area contributed by atoms with Crippen LogP contribution in [0.25, 0.3) is 0 Å². The number of halogens is 1. The summed E-state index contributed by atoms with van der Waals surface area (Å²) in [5.41, 5.74) is 0. The van der Waals surface area contributed by atoms with E-state index >= 15 is 0 Å². The molecule has 0 saturated heterocycles. The molecule has 1 N–H and O–H groups in total. The Bertz CT molecular complexity index is 357. The van der Waals surface area contributed by atoms with Crippen molar-refractivity contribution in [3.05, 3.63) is 11.2 Å². The van der Waals surface area contributed by atoms with Crippen LogP contribution >= 0.6 is 11.6 Å². The van der Waals surface area contributed by atoms with E-state index in [1.807, 2.05) is 4.90 Å². The molecule has 0 saturated carbocycles. The molecule has 0 radical (unpaired) electrons. The van der Waals surface area contributed by atoms with Gasteiger partial charge in [0.2, 0.25) is 5.95 Å². The number of methoxy groups -OCH3 is 2. The average molecular weight is 275 g/mol. The maximum absolute atomic E-state index is 6.13. The number of hydrogen-bond donors (Lipinski definition) is 1. The first kappa shape index (κ1) is 14.9. The van der Waals surface area contributed by atoms with Crippen LogP contribution in [0.2, 0.25) is 5.02 Å². The lowest BCUT2D eigenvalue weighted by Gasteiger charge is -2.24. The molecule has 0 atom stereocenters. The second-order valence-electron chi connectivity index (χ2n) is 3.59. The van der Waals surface area contributed by atoms with Crippen LogP contribution in [0.15, 0.2) is 6.20 Å². The number of nitrogens with one attached hydrogen (secondary N) is 1. The van der Waals surface area contributed by atoms with E-state index in [0.29, 0.717) is 43.1 Å². The van der Waals surface area contributed by atoms with Crippen molar-refractivity contribution in [2.24, 2.45) is 0 Å². The highest BCUT2D eigenvalue weighted by Crippen LogP contribution is 2.23. The summed E-state index contributed by atoms with van der Waals surface area (Å²) in [6, 6.07) is 0. The molecule has 0 fully saturated rings. The third-order valence-corrected chi connectivity index (χ3v) is 2.65. The summed E-state index contributed by atoms with van der Waals surface area (Å²) in [6.45, 7) is 2.58. The van der Waals surface area contributed by atoms with E-state index < -0.39 is 0 Å². The molecule has 1 aromatic rings. The summed E-state index contributed by atoms with van der Waals surface area (Å²) in [6.07, 6.45) is 1.59. The van der Waals surface area contributed by atoms with E-state index in [0.717, 1.165) is 0 Å². The van der Waals surface area contributed by atoms with Crippen LogP contribution in [0.5, 0.6) is 0 Å². The minimum absolute atomic E-state index is 0.515. The highest BCUT2D eigenvalue weighted by Gasteiger charge is 2.13. The molecule has 0 bridgehead atoms. The topological polar surface area (TPSA) is 59.5 Å². The lowest BCUT2D eigenvalue weighted by atomic mass is 10.4. The molecule has 1 aromatic heterocycles. The van der Waals surface area contributed by atoms with Crippen molar-refractivity contribution >= 4 is 23.4 Å². The zero-order chi connectivity index (χ0) is 13.4. The van der Waals surface area contributed by atoms with Crippen LogP contribution in [-0.2, 0) is 9.47 Å². The Morgan fingerprint density at radius 3 is 2.39 bits per heavy atom. The average Bonchev–Trinajstić information content (AvgIpc) is 2.40. The Morgan fingerprint density at radius 2 is 1.89 bits per heavy atom. The zero-order valence-electron chi connectivity index (χ0n) is 10.9. The number of rotatable bonds is 8. The summed E-state index contributed by atoms with van der Waals surface area (Å²) in [5, 5.41) is 3.41. The van der Waals surface area contributed by atoms with Crippen molar-refractivity contribution in [3.63, 3.8) is 0 Å². The van der Waals surface area contributed by atoms with Crippen LogP contribution in [0.3, 0.4) is 0 Å². The van der Waals surface area contributed by atoms with Crippen LogP contribution < -0.4 is 10.2 Å². The van der Waals surface area contributed by atoms with Crippen molar-refractivity contribution in [1.82, 2.24) is 9.97 Å². The van der Waals surface area contributed by atoms with Crippen molar-refractivity contribution < 1.29 is 9.47 Å². The van der Waals surface area contributed by atoms with Crippen LogP contribution in [0, 0.1) is 0 Å². The van der Waals surface area contributed by atoms with E-state index in [2.05, 4.69) is 15.3 Å². The van der Waals surface area contributed by atoms with Gasteiger partial charge in [-0.2, -0.15) is 4.98 Å². The van der Waals surface area contributed by atoms with Gasteiger partial charge in [0, 0.05) is 34.4 Å². The van der Waals surface area contributed by atoms with Crippen LogP contribution in [0.4, 0.5) is 11.8 Å². The molecule has 0 aromatic carbocycles. The fourth-order valence-corrected chi connectivity index (χ4v) is 1.64. The maximum atomic E-state index is 6.13. The SMILES string of the molecule is CNc1ncc(Cl)c(N(CCOC)CCOC)n1. The summed E-state index contributed by atoms with van der Waals surface area (Å²) < 4.78 is 10.2. The van der Waals surface area contributed by atoms with Gasteiger partial charge in [-0.3, -0.25) is 0 Å². The van der Waals surface area contributed by atoms with Crippen molar-refractivity contribution in [2.75, 3.05) is 57.8 Å². The minimum Gasteiger partial charge on any atom is -0.383 e. The monoisotopic (exact) mass is 274 g/mol. The van der Waals surface area contributed by atoms with Crippen LogP contribution in [0.1, 0.15) is 0 Å². The summed E-state index contributed by atoms with van der Waals surface area (Å²) in [4.78, 5) is 10.4. The van der Waals surface area contributed by atoms with E-state index in [4.69, 9.17) is 21.1 Å². The third kappa shape index (κ3) is 4.29. The normalized spacial score (nSPS) is 10.4. The molecule has 0 aliphatic carbocycles. The van der Waals surface area contributed by atoms with E-state index in [9.17, 15) is 0 Å². The van der Waals surface area contributed by atoms with E-state index in [1.54, 1.807) is 27.5 Å². The minimum atomic E-state index is 0.515. The molecule has 0 amide bonds. The Balaban J connectivity index is 2.87. The Labute approximate surface area is 112 Å². The number of nitrogens with zero attached hydrogens (tertiary/aromatic N) is 3. The molecule has 0 unspecified atom stereocenters. The van der Waals surface area contributed by atoms with Gasteiger partial charge in [0.15, 0.2) is 5.82 Å². The van der Waals surface area contributed by atoms with Crippen molar-refractivity contribution in [3.8, 4) is 0 Å². The van der Waals surface area contributed by atoms with Gasteiger partial charge in [0.1, 0.15) is 5.02 Å². The molecule has 0 spiro atoms. The molecule has 18 heavy (non-hydrogen) atoms. The summed E-state index contributed by atoms with van der Waals surface area (Å²) in [7, 11) is 5.09. The van der Waals surface area contributed by atoms with Crippen LogP contribution in [-0.4, -0.2) is 57.5 Å². The number of anilines is 2. The maximum Gasteiger partial charge on any atom is 0.224 e. The number of ether oxygens (including phenoxy) is 2. The van der Waals surface area contributed by atoms with Gasteiger partial charge in [0.05, 0.1) is 19.4 Å². The smallest absolute Gasteiger partial charge is 0.224 e. The van der Waals surface area contributed by atoms with Gasteiger partial charge in [-0.1, -0.05) is 11.6 Å². The number of hydrogen-bond acceptors (Lipinski definition) is 6. The standard InChI is InChI=1S/C11H19ClN4O2/c1-13-11-14-8-9(12)10(15-11)16(4-6-17-2)5-7-18-3/h8H,4-7H2,1-3H3,(H,13,14,15). The first-order valence-corrected chi connectivity index (χ1v) is 6.03. The fourth-order valence-electron chi connectivity index (χ4n) is 1.43. The van der Waals surface area contributed by atoms with Crippen molar-refractivity contribution in [2.45, 2.75) is 0 Å². The predicted molar refractivity (Wildman–Crippen MR) is 72.6 cm³/mol. The Hall–Kier alpha value is -1.11. The predicted octanol–water partition coefficient (Wildman–Crippen LogP) is 1.27. The molecule has 0 aliphatic heterocycles. The molecule has 0 aliphatic rings. The second-order valence-corrected chi connectivity index (χ2v) is 4.00. The molecule has 6 nitrogen and oxygen atoms in total. The van der Waals surface area contributed by atoms with Gasteiger partial charge in [-0.05, 0) is 0 Å². The largest absolute Gasteiger partial charge is 0.383 e. The van der Waals surface area contributed by atoms with Gasteiger partial charge < -0.3 is 19.7 Å². The number of aromatic nitrogens is 2. The third-order valence-electron chi connectivity index (χ3n) is 2.38. The first-order chi connectivity index (χ1) is 8.72. The Morgan fingerprint density at radius 1 is 1.28 bits per heavy atom. The lowest BCUT2D eigenvalue weighted by molar-refractivity contribution is 0.190. The summed E-state index contributed by atoms with van der Waals surface area (Å²) >= 11 is 6.13. The van der Waals surface area contributed by atoms with E-state index in [-0.39, 0.29) is 0 Å². The first-order valence-electron chi connectivity index (χ1n) is 5.66. The quantitative estimate of drug-likeness (QED) is 0.770. The molecule has 1 rings (SSSR count). The van der Waals surface area contributed by atoms with Gasteiger partial charge in [0.25, 0.3) is 0 Å². The van der Waals surface area contributed by atoms with Gasteiger partial charge in [-0.15, -0.1) is 0 Å². The highest BCUT2D eigenvalue weighted by atomic mass is 35.5. The fraction of sp³-hybridized carbons (Fsp3) is 0.636. The van der Waals surface area contributed by atoms with Gasteiger partial charge >= 0.3 is 0 Å². The molecule has 7 heteroatoms. The molecular weight excluding hydrogens is 256 g/mol. The zero-order valence-corrected chi connectivity index (χ0v) is 11.7. The molecule has 1 heterocycles. The van der Waals surface area contributed by atoms with Crippen molar-refractivity contribution in [1.29, 1.82) is 0 Å². The summed E-state index contributed by atoms with van der Waals surface area (Å²) in [5.74, 6) is 1.22. The second kappa shape index (κ2) is 8.07. The molecule has 102 valence electrons. The molecular formula is C11H19ClN4O2. The lowest BCUT2D eigenvalue weighted by Crippen LogP contribution is -2.31.